The van der Waals surface area contributed by atoms with E-state index in [0.717, 1.165) is 17.7 Å². The summed E-state index contributed by atoms with van der Waals surface area (Å²) in [5.74, 6) is -1.09. The van der Waals surface area contributed by atoms with Gasteiger partial charge in [0.25, 0.3) is 5.91 Å². The molecule has 6 heteroatoms. The van der Waals surface area contributed by atoms with Gasteiger partial charge in [-0.15, -0.1) is 0 Å². The number of rotatable bonds is 6. The van der Waals surface area contributed by atoms with Gasteiger partial charge in [0.05, 0.1) is 7.11 Å². The summed E-state index contributed by atoms with van der Waals surface area (Å²) < 4.78 is 5.18. The number of methoxy groups -OCH3 is 1. The highest BCUT2D eigenvalue weighted by molar-refractivity contribution is 6.07. The summed E-state index contributed by atoms with van der Waals surface area (Å²) in [4.78, 5) is 22.6. The van der Waals surface area contributed by atoms with E-state index in [1.165, 1.54) is 7.05 Å². The quantitative estimate of drug-likeness (QED) is 0.665. The van der Waals surface area contributed by atoms with E-state index in [9.17, 15) is 9.59 Å². The molecule has 0 saturated carbocycles. The number of benzene rings is 1. The third-order valence-electron chi connectivity index (χ3n) is 2.73. The molecule has 0 heterocycles. The van der Waals surface area contributed by atoms with Gasteiger partial charge in [-0.05, 0) is 37.2 Å². The van der Waals surface area contributed by atoms with Crippen LogP contribution >= 0.6 is 0 Å². The van der Waals surface area contributed by atoms with E-state index < -0.39 is 17.9 Å². The molecule has 1 unspecified atom stereocenters. The first-order chi connectivity index (χ1) is 9.03. The fourth-order valence-electron chi connectivity index (χ4n) is 1.71. The van der Waals surface area contributed by atoms with E-state index in [4.69, 9.17) is 9.84 Å². The fourth-order valence-corrected chi connectivity index (χ4v) is 1.71. The molecule has 1 rings (SSSR count). The van der Waals surface area contributed by atoms with Crippen LogP contribution in [0.1, 0.15) is 12.5 Å². The molecule has 0 saturated heterocycles. The molecule has 0 spiro atoms. The first-order valence-corrected chi connectivity index (χ1v) is 5.91. The third-order valence-corrected chi connectivity index (χ3v) is 2.73. The monoisotopic (exact) mass is 266 g/mol. The van der Waals surface area contributed by atoms with Crippen LogP contribution in [0.3, 0.4) is 0 Å². The van der Waals surface area contributed by atoms with E-state index in [-0.39, 0.29) is 0 Å². The number of nitrogens with one attached hydrogen (secondary N) is 2. The van der Waals surface area contributed by atoms with Crippen molar-refractivity contribution in [2.45, 2.75) is 19.4 Å². The second kappa shape index (κ2) is 6.75. The Hall–Kier alpha value is -2.08. The zero-order valence-electron chi connectivity index (χ0n) is 11.2. The Kier molecular flexibility index (Phi) is 5.32. The lowest BCUT2D eigenvalue weighted by atomic mass is 10.1. The Labute approximate surface area is 111 Å². The molecule has 3 N–H and O–H groups in total. The fraction of sp³-hybridized carbons (Fsp3) is 0.385. The van der Waals surface area contributed by atoms with Crippen molar-refractivity contribution < 1.29 is 19.4 Å². The lowest BCUT2D eigenvalue weighted by Crippen LogP contribution is -2.44. The molecule has 0 aliphatic rings. The highest BCUT2D eigenvalue weighted by Crippen LogP contribution is 2.23. The van der Waals surface area contributed by atoms with Crippen LogP contribution in [0, 0.1) is 0 Å². The second-order valence-corrected chi connectivity index (χ2v) is 3.93. The Bertz CT molecular complexity index is 474. The van der Waals surface area contributed by atoms with Crippen molar-refractivity contribution in [3.05, 3.63) is 23.8 Å². The Morgan fingerprint density at radius 3 is 2.58 bits per heavy atom. The molecule has 0 bridgehead atoms. The lowest BCUT2D eigenvalue weighted by Gasteiger charge is -2.13. The predicted octanol–water partition coefficient (Wildman–Crippen LogP) is 0.869. The average molecular weight is 266 g/mol. The number of carboxylic acid groups (broad SMARTS) is 1. The zero-order chi connectivity index (χ0) is 14.4. The van der Waals surface area contributed by atoms with Crippen LogP contribution in [-0.2, 0) is 16.0 Å². The predicted molar refractivity (Wildman–Crippen MR) is 71.5 cm³/mol. The number of likely N-dealkylation sites (N-methyl/N-ethyl adjacent to an activating group) is 1. The van der Waals surface area contributed by atoms with Crippen molar-refractivity contribution in [3.8, 4) is 5.75 Å². The normalized spacial score (nSPS) is 11.7. The second-order valence-electron chi connectivity index (χ2n) is 3.93. The summed E-state index contributed by atoms with van der Waals surface area (Å²) in [6.45, 7) is 1.97. The molecule has 0 radical (unpaired) electrons. The van der Waals surface area contributed by atoms with E-state index in [1.54, 1.807) is 25.3 Å². The average Bonchev–Trinajstić information content (AvgIpc) is 2.38. The molecule has 1 amide bonds. The Morgan fingerprint density at radius 2 is 2.11 bits per heavy atom. The lowest BCUT2D eigenvalue weighted by molar-refractivity contribution is -0.142. The minimum Gasteiger partial charge on any atom is -0.496 e. The highest BCUT2D eigenvalue weighted by Gasteiger charge is 2.24. The highest BCUT2D eigenvalue weighted by atomic mass is 16.5. The van der Waals surface area contributed by atoms with Gasteiger partial charge in [-0.3, -0.25) is 10.1 Å². The maximum atomic E-state index is 11.8. The number of ether oxygens (including phenoxy) is 1. The van der Waals surface area contributed by atoms with Gasteiger partial charge in [-0.25, -0.2) is 4.79 Å². The number of carbonyl (C=O) groups is 2. The summed E-state index contributed by atoms with van der Waals surface area (Å²) in [7, 11) is 3.00. The molecule has 1 aromatic carbocycles. The van der Waals surface area contributed by atoms with E-state index in [0.29, 0.717) is 5.69 Å². The maximum Gasteiger partial charge on any atom is 0.330 e. The topological polar surface area (TPSA) is 87.7 Å². The molecule has 0 aromatic heterocycles. The third kappa shape index (κ3) is 3.69. The maximum absolute atomic E-state index is 11.8. The first-order valence-electron chi connectivity index (χ1n) is 5.91. The van der Waals surface area contributed by atoms with Crippen molar-refractivity contribution in [3.63, 3.8) is 0 Å². The molecule has 0 fully saturated rings. The summed E-state index contributed by atoms with van der Waals surface area (Å²) in [5, 5.41) is 13.9. The smallest absolute Gasteiger partial charge is 0.330 e. The van der Waals surface area contributed by atoms with Crippen LogP contribution in [0.4, 0.5) is 5.69 Å². The molecular weight excluding hydrogens is 248 g/mol. The largest absolute Gasteiger partial charge is 0.496 e. The van der Waals surface area contributed by atoms with Gasteiger partial charge in [-0.1, -0.05) is 6.92 Å². The summed E-state index contributed by atoms with van der Waals surface area (Å²) >= 11 is 0. The van der Waals surface area contributed by atoms with Crippen molar-refractivity contribution in [2.24, 2.45) is 0 Å². The summed E-state index contributed by atoms with van der Waals surface area (Å²) in [5.41, 5.74) is 1.49. The van der Waals surface area contributed by atoms with Crippen molar-refractivity contribution >= 4 is 17.6 Å². The zero-order valence-corrected chi connectivity index (χ0v) is 11.2. The molecule has 19 heavy (non-hydrogen) atoms. The van der Waals surface area contributed by atoms with E-state index in [1.807, 2.05) is 6.92 Å². The van der Waals surface area contributed by atoms with Crippen LogP contribution in [0.25, 0.3) is 0 Å². The summed E-state index contributed by atoms with van der Waals surface area (Å²) in [6, 6.07) is 3.91. The van der Waals surface area contributed by atoms with Gasteiger partial charge in [0.1, 0.15) is 5.75 Å². The molecular formula is C13H18N2O4. The first kappa shape index (κ1) is 15.0. The Morgan fingerprint density at radius 1 is 1.42 bits per heavy atom. The molecule has 0 aliphatic carbocycles. The van der Waals surface area contributed by atoms with Gasteiger partial charge in [0.2, 0.25) is 0 Å². The van der Waals surface area contributed by atoms with Gasteiger partial charge in [0, 0.05) is 5.69 Å². The van der Waals surface area contributed by atoms with Gasteiger partial charge in [0.15, 0.2) is 6.04 Å². The minimum atomic E-state index is -1.27. The standard InChI is InChI=1S/C13H18N2O4/c1-4-8-7-9(5-6-10(8)19-3)15-12(16)11(14-2)13(17)18/h5-7,11,14H,4H2,1-3H3,(H,15,16)(H,17,18). The minimum absolute atomic E-state index is 0.546. The number of hydrogen-bond donors (Lipinski definition) is 3. The molecule has 1 atom stereocenters. The van der Waals surface area contributed by atoms with Gasteiger partial charge < -0.3 is 15.2 Å². The van der Waals surface area contributed by atoms with E-state index >= 15 is 0 Å². The molecule has 6 nitrogen and oxygen atoms in total. The van der Waals surface area contributed by atoms with Crippen LogP contribution < -0.4 is 15.4 Å². The van der Waals surface area contributed by atoms with Crippen molar-refractivity contribution in [1.82, 2.24) is 5.32 Å². The van der Waals surface area contributed by atoms with Crippen molar-refractivity contribution in [2.75, 3.05) is 19.5 Å². The SMILES string of the molecule is CCc1cc(NC(=O)C(NC)C(=O)O)ccc1OC. The molecule has 0 aliphatic heterocycles. The number of carbonyl (C=O) groups excluding carboxylic acids is 1. The summed E-state index contributed by atoms with van der Waals surface area (Å²) in [6.07, 6.45) is 0.751. The van der Waals surface area contributed by atoms with Crippen LogP contribution in [0.15, 0.2) is 18.2 Å². The van der Waals surface area contributed by atoms with Crippen LogP contribution in [0.2, 0.25) is 0 Å². The Balaban J connectivity index is 2.88. The number of carboxylic acids is 1. The number of aliphatic carboxylic acids is 1. The van der Waals surface area contributed by atoms with Gasteiger partial charge >= 0.3 is 5.97 Å². The van der Waals surface area contributed by atoms with Crippen LogP contribution in [-0.4, -0.2) is 37.2 Å². The molecule has 1 aromatic rings. The number of aryl methyl sites for hydroxylation is 1. The van der Waals surface area contributed by atoms with Crippen LogP contribution in [0.5, 0.6) is 5.75 Å². The van der Waals surface area contributed by atoms with E-state index in [2.05, 4.69) is 10.6 Å². The molecule has 104 valence electrons. The number of anilines is 1. The number of hydrogen-bond acceptors (Lipinski definition) is 4. The van der Waals surface area contributed by atoms with Crippen molar-refractivity contribution in [1.29, 1.82) is 0 Å². The number of amides is 1. The van der Waals surface area contributed by atoms with Gasteiger partial charge in [-0.2, -0.15) is 0 Å².